The first-order valence-electron chi connectivity index (χ1n) is 12.4. The van der Waals surface area contributed by atoms with E-state index in [1.165, 1.54) is 81.7 Å². The van der Waals surface area contributed by atoms with Crippen molar-refractivity contribution in [1.82, 2.24) is 15.0 Å². The summed E-state index contributed by atoms with van der Waals surface area (Å²) in [5, 5.41) is 13.5. The van der Waals surface area contributed by atoms with Crippen molar-refractivity contribution in [3.05, 3.63) is 90.4 Å². The minimum atomic E-state index is 0.879. The maximum absolute atomic E-state index is 5.15. The molecule has 0 spiro atoms. The average Bonchev–Trinajstić information content (AvgIpc) is 3.42. The SMILES string of the molecule is C=C1Cc2cnc3c4ccc5c6ncc7c8c(ccc(c9ncc(c%10ccc1c2c%103)c4c59)c86)CC7=C. The van der Waals surface area contributed by atoms with Gasteiger partial charge < -0.3 is 0 Å². The summed E-state index contributed by atoms with van der Waals surface area (Å²) in [5.74, 6) is 0. The Balaban J connectivity index is 1.52. The Labute approximate surface area is 205 Å². The highest BCUT2D eigenvalue weighted by molar-refractivity contribution is 6.41. The first-order chi connectivity index (χ1) is 17.7. The molecular formula is C33H17N3. The summed E-state index contributed by atoms with van der Waals surface area (Å²) in [6, 6.07) is 13.5. The molecule has 0 bridgehead atoms. The molecule has 164 valence electrons. The van der Waals surface area contributed by atoms with E-state index in [1.807, 2.05) is 6.20 Å². The molecule has 0 N–H and O–H groups in total. The Morgan fingerprint density at radius 1 is 0.444 bits per heavy atom. The van der Waals surface area contributed by atoms with Gasteiger partial charge >= 0.3 is 0 Å². The molecule has 2 aliphatic carbocycles. The van der Waals surface area contributed by atoms with Crippen molar-refractivity contribution in [2.24, 2.45) is 0 Å². The molecule has 3 aromatic heterocycles. The van der Waals surface area contributed by atoms with Gasteiger partial charge in [0.25, 0.3) is 0 Å². The summed E-state index contributed by atoms with van der Waals surface area (Å²) in [7, 11) is 0. The molecule has 36 heavy (non-hydrogen) atoms. The Hall–Kier alpha value is -4.63. The second-order valence-electron chi connectivity index (χ2n) is 10.6. The molecule has 0 atom stereocenters. The fraction of sp³-hybridized carbons (Fsp3) is 0.0606. The molecule has 3 heterocycles. The molecule has 0 saturated heterocycles. The standard InChI is InChI=1S/C33H17N3/c1-14-10-17-11-34-31-20-7-8-22-30-27(20)24(19-6-5-18(14)26(17)28(19)31)13-36-33(30)21-4-3-16-9-15(2)23-12-35-32(22)29(21)25(16)23/h3-8,11-13H,1-2,9-10H2. The molecule has 0 unspecified atom stereocenters. The smallest absolute Gasteiger partial charge is 0.0794 e. The van der Waals surface area contributed by atoms with E-state index in [2.05, 4.69) is 61.9 Å². The number of rotatable bonds is 0. The third kappa shape index (κ3) is 1.72. The Bertz CT molecular complexity index is 2150. The van der Waals surface area contributed by atoms with Crippen molar-refractivity contribution in [3.8, 4) is 0 Å². The quantitative estimate of drug-likeness (QED) is 0.172. The Morgan fingerprint density at radius 3 is 1.83 bits per heavy atom. The van der Waals surface area contributed by atoms with Gasteiger partial charge in [0.2, 0.25) is 0 Å². The third-order valence-electron chi connectivity index (χ3n) is 8.89. The monoisotopic (exact) mass is 455 g/mol. The molecule has 10 rings (SSSR count). The van der Waals surface area contributed by atoms with E-state index < -0.39 is 0 Å². The maximum Gasteiger partial charge on any atom is 0.0794 e. The van der Waals surface area contributed by atoms with Gasteiger partial charge in [-0.15, -0.1) is 0 Å². The summed E-state index contributed by atoms with van der Waals surface area (Å²) in [6.07, 6.45) is 7.95. The highest BCUT2D eigenvalue weighted by Gasteiger charge is 2.27. The molecule has 0 amide bonds. The predicted molar refractivity (Wildman–Crippen MR) is 150 cm³/mol. The number of fused-ring (bicyclic) bond motifs is 4. The number of pyridine rings is 3. The number of hydrogen-bond acceptors (Lipinski definition) is 3. The lowest BCUT2D eigenvalue weighted by molar-refractivity contribution is 1.30. The number of nitrogens with zero attached hydrogens (tertiary/aromatic N) is 3. The van der Waals surface area contributed by atoms with Gasteiger partial charge in [0.05, 0.1) is 16.6 Å². The largest absolute Gasteiger partial charge is 0.255 e. The van der Waals surface area contributed by atoms with Crippen molar-refractivity contribution in [2.75, 3.05) is 0 Å². The van der Waals surface area contributed by atoms with Crippen LogP contribution < -0.4 is 0 Å². The summed E-state index contributed by atoms with van der Waals surface area (Å²) in [5.41, 5.74) is 10.6. The van der Waals surface area contributed by atoms with Gasteiger partial charge in [-0.2, -0.15) is 0 Å². The zero-order chi connectivity index (χ0) is 23.4. The average molecular weight is 456 g/mol. The summed E-state index contributed by atoms with van der Waals surface area (Å²) in [4.78, 5) is 15.2. The summed E-state index contributed by atoms with van der Waals surface area (Å²) in [6.45, 7) is 8.65. The van der Waals surface area contributed by atoms with Crippen LogP contribution in [0.1, 0.15) is 22.3 Å². The number of hydrogen-bond donors (Lipinski definition) is 0. The number of benzene rings is 5. The van der Waals surface area contributed by atoms with Crippen molar-refractivity contribution < 1.29 is 0 Å². The normalized spacial score (nSPS) is 15.1. The molecular weight excluding hydrogens is 438 g/mol. The second-order valence-corrected chi connectivity index (χ2v) is 10.6. The molecule has 0 radical (unpaired) electrons. The van der Waals surface area contributed by atoms with Crippen LogP contribution in [0.15, 0.2) is 68.1 Å². The Kier molecular flexibility index (Phi) is 2.68. The fourth-order valence-corrected chi connectivity index (χ4v) is 7.43. The first-order valence-corrected chi connectivity index (χ1v) is 12.4. The van der Waals surface area contributed by atoms with E-state index in [0.29, 0.717) is 0 Å². The minimum absolute atomic E-state index is 0.879. The van der Waals surface area contributed by atoms with Crippen LogP contribution in [-0.4, -0.2) is 15.0 Å². The lowest BCUT2D eigenvalue weighted by Crippen LogP contribution is -1.96. The van der Waals surface area contributed by atoms with Crippen LogP contribution in [-0.2, 0) is 12.8 Å². The molecule has 3 heteroatoms. The number of allylic oxidation sites excluding steroid dienone is 2. The van der Waals surface area contributed by atoms with Gasteiger partial charge in [0.15, 0.2) is 0 Å². The first kappa shape index (κ1) is 17.8. The van der Waals surface area contributed by atoms with E-state index in [0.717, 1.165) is 40.4 Å². The van der Waals surface area contributed by atoms with E-state index in [1.54, 1.807) is 0 Å². The van der Waals surface area contributed by atoms with Crippen molar-refractivity contribution in [3.63, 3.8) is 0 Å². The minimum Gasteiger partial charge on any atom is -0.255 e. The van der Waals surface area contributed by atoms with E-state index >= 15 is 0 Å². The molecule has 0 aliphatic heterocycles. The molecule has 5 aromatic carbocycles. The van der Waals surface area contributed by atoms with E-state index in [-0.39, 0.29) is 0 Å². The van der Waals surface area contributed by atoms with Gasteiger partial charge in [-0.3, -0.25) is 15.0 Å². The summed E-state index contributed by atoms with van der Waals surface area (Å²) >= 11 is 0. The predicted octanol–water partition coefficient (Wildman–Crippen LogP) is 7.96. The van der Waals surface area contributed by atoms with Gasteiger partial charge in [-0.25, -0.2) is 0 Å². The van der Waals surface area contributed by atoms with Crippen LogP contribution in [0.25, 0.3) is 86.9 Å². The van der Waals surface area contributed by atoms with Crippen molar-refractivity contribution >= 4 is 86.9 Å². The van der Waals surface area contributed by atoms with Crippen LogP contribution >= 0.6 is 0 Å². The maximum atomic E-state index is 5.15. The van der Waals surface area contributed by atoms with Crippen LogP contribution in [0, 0.1) is 0 Å². The highest BCUT2D eigenvalue weighted by atomic mass is 14.7. The Morgan fingerprint density at radius 2 is 1.00 bits per heavy atom. The lowest BCUT2D eigenvalue weighted by atomic mass is 9.87. The van der Waals surface area contributed by atoms with Crippen LogP contribution in [0.2, 0.25) is 0 Å². The van der Waals surface area contributed by atoms with Gasteiger partial charge in [0, 0.05) is 67.2 Å². The van der Waals surface area contributed by atoms with Crippen molar-refractivity contribution in [1.29, 1.82) is 0 Å². The van der Waals surface area contributed by atoms with Crippen LogP contribution in [0.3, 0.4) is 0 Å². The number of aromatic nitrogens is 3. The van der Waals surface area contributed by atoms with Crippen molar-refractivity contribution in [2.45, 2.75) is 12.8 Å². The van der Waals surface area contributed by atoms with Gasteiger partial charge in [0.1, 0.15) is 0 Å². The topological polar surface area (TPSA) is 38.7 Å². The zero-order valence-corrected chi connectivity index (χ0v) is 19.4. The highest BCUT2D eigenvalue weighted by Crippen LogP contribution is 2.50. The molecule has 0 saturated carbocycles. The fourth-order valence-electron chi connectivity index (χ4n) is 7.43. The molecule has 0 fully saturated rings. The van der Waals surface area contributed by atoms with Gasteiger partial charge in [-0.1, -0.05) is 49.6 Å². The van der Waals surface area contributed by atoms with Gasteiger partial charge in [-0.05, 0) is 56.8 Å². The molecule has 2 aliphatic rings. The van der Waals surface area contributed by atoms with Crippen LogP contribution in [0.5, 0.6) is 0 Å². The molecule has 8 aromatic rings. The zero-order valence-electron chi connectivity index (χ0n) is 19.4. The molecule has 3 nitrogen and oxygen atoms in total. The van der Waals surface area contributed by atoms with E-state index in [4.69, 9.17) is 15.0 Å². The second kappa shape index (κ2) is 5.44. The lowest BCUT2D eigenvalue weighted by Gasteiger charge is -2.18. The summed E-state index contributed by atoms with van der Waals surface area (Å²) < 4.78 is 0. The van der Waals surface area contributed by atoms with Crippen LogP contribution in [0.4, 0.5) is 0 Å². The third-order valence-corrected chi connectivity index (χ3v) is 8.89. The van der Waals surface area contributed by atoms with E-state index in [9.17, 15) is 0 Å².